The van der Waals surface area contributed by atoms with Gasteiger partial charge in [-0.2, -0.15) is 0 Å². The summed E-state index contributed by atoms with van der Waals surface area (Å²) in [5.74, 6) is -1.11. The van der Waals surface area contributed by atoms with E-state index in [-0.39, 0.29) is 26.9 Å². The van der Waals surface area contributed by atoms with Crippen molar-refractivity contribution in [3.05, 3.63) is 88.2 Å². The molecule has 3 aromatic rings. The van der Waals surface area contributed by atoms with Gasteiger partial charge in [0.05, 0.1) is 15.5 Å². The van der Waals surface area contributed by atoms with Gasteiger partial charge >= 0.3 is 0 Å². The third-order valence-corrected chi connectivity index (χ3v) is 5.65. The van der Waals surface area contributed by atoms with Crippen LogP contribution in [-0.2, 0) is 10.0 Å². The fraction of sp³-hybridized carbons (Fsp3) is 0. The molecule has 28 heavy (non-hydrogen) atoms. The number of benzene rings is 3. The Balaban J connectivity index is 1.84. The van der Waals surface area contributed by atoms with Gasteiger partial charge in [-0.05, 0) is 60.7 Å². The van der Waals surface area contributed by atoms with E-state index >= 15 is 0 Å². The lowest BCUT2D eigenvalue weighted by molar-refractivity contribution is 0.102. The van der Waals surface area contributed by atoms with Crippen molar-refractivity contribution < 1.29 is 17.6 Å². The first-order valence-electron chi connectivity index (χ1n) is 7.89. The molecule has 9 heteroatoms. The van der Waals surface area contributed by atoms with Crippen LogP contribution in [-0.4, -0.2) is 14.3 Å². The van der Waals surface area contributed by atoms with Gasteiger partial charge in [0.25, 0.3) is 15.9 Å². The first kappa shape index (κ1) is 20.1. The highest BCUT2D eigenvalue weighted by Crippen LogP contribution is 2.24. The highest BCUT2D eigenvalue weighted by Gasteiger charge is 2.17. The summed E-state index contributed by atoms with van der Waals surface area (Å²) < 4.78 is 40.6. The molecule has 0 saturated carbocycles. The maximum Gasteiger partial charge on any atom is 0.261 e. The summed E-state index contributed by atoms with van der Waals surface area (Å²) in [4.78, 5) is 12.5. The minimum atomic E-state index is -3.88. The number of rotatable bonds is 5. The summed E-state index contributed by atoms with van der Waals surface area (Å²) in [5, 5.41) is 3.03. The van der Waals surface area contributed by atoms with E-state index in [0.717, 1.165) is 6.07 Å². The van der Waals surface area contributed by atoms with Crippen molar-refractivity contribution >= 4 is 50.5 Å². The average Bonchev–Trinajstić information content (AvgIpc) is 2.63. The zero-order valence-corrected chi connectivity index (χ0v) is 16.4. The van der Waals surface area contributed by atoms with Crippen LogP contribution in [0.25, 0.3) is 0 Å². The number of hydrogen-bond acceptors (Lipinski definition) is 3. The van der Waals surface area contributed by atoms with Gasteiger partial charge in [0.15, 0.2) is 0 Å². The Morgan fingerprint density at radius 1 is 0.893 bits per heavy atom. The van der Waals surface area contributed by atoms with E-state index in [9.17, 15) is 17.6 Å². The quantitative estimate of drug-likeness (QED) is 0.575. The fourth-order valence-electron chi connectivity index (χ4n) is 2.36. The Bertz CT molecular complexity index is 1140. The number of amides is 1. The molecule has 0 heterocycles. The molecule has 0 saturated heterocycles. The topological polar surface area (TPSA) is 75.3 Å². The smallest absolute Gasteiger partial charge is 0.261 e. The van der Waals surface area contributed by atoms with E-state index in [1.807, 2.05) is 0 Å². The van der Waals surface area contributed by atoms with Crippen molar-refractivity contribution in [2.24, 2.45) is 0 Å². The molecular weight excluding hydrogens is 426 g/mol. The van der Waals surface area contributed by atoms with Gasteiger partial charge in [-0.1, -0.05) is 29.3 Å². The molecule has 144 valence electrons. The van der Waals surface area contributed by atoms with Gasteiger partial charge in [-0.3, -0.25) is 9.52 Å². The van der Waals surface area contributed by atoms with E-state index in [2.05, 4.69) is 10.0 Å². The Kier molecular flexibility index (Phi) is 5.88. The molecule has 3 rings (SSSR count). The molecule has 0 spiro atoms. The van der Waals surface area contributed by atoms with Crippen LogP contribution in [0.5, 0.6) is 0 Å². The van der Waals surface area contributed by atoms with Crippen molar-refractivity contribution in [1.29, 1.82) is 0 Å². The number of anilines is 2. The Hall–Kier alpha value is -2.61. The number of carbonyl (C=O) groups excluding carboxylic acids is 1. The van der Waals surface area contributed by atoms with Crippen LogP contribution in [0.4, 0.5) is 15.8 Å². The van der Waals surface area contributed by atoms with E-state index < -0.39 is 21.7 Å². The summed E-state index contributed by atoms with van der Waals surface area (Å²) in [7, 11) is -3.88. The van der Waals surface area contributed by atoms with Crippen LogP contribution in [0.2, 0.25) is 10.0 Å². The van der Waals surface area contributed by atoms with Crippen molar-refractivity contribution in [2.45, 2.75) is 4.90 Å². The number of halogens is 3. The third-order valence-electron chi connectivity index (χ3n) is 3.67. The Morgan fingerprint density at radius 2 is 1.61 bits per heavy atom. The van der Waals surface area contributed by atoms with E-state index in [1.165, 1.54) is 60.7 Å². The van der Waals surface area contributed by atoms with Crippen LogP contribution in [0.3, 0.4) is 0 Å². The molecule has 0 bridgehead atoms. The zero-order valence-electron chi connectivity index (χ0n) is 14.1. The van der Waals surface area contributed by atoms with E-state index in [0.29, 0.717) is 5.02 Å². The minimum Gasteiger partial charge on any atom is -0.322 e. The van der Waals surface area contributed by atoms with Crippen LogP contribution in [0.1, 0.15) is 10.4 Å². The molecule has 3 aromatic carbocycles. The van der Waals surface area contributed by atoms with Gasteiger partial charge in [-0.15, -0.1) is 0 Å². The SMILES string of the molecule is O=C(Nc1cccc(F)c1)c1cc(NS(=O)(=O)c2ccc(Cl)cc2)ccc1Cl. The number of nitrogens with one attached hydrogen (secondary N) is 2. The molecule has 0 aliphatic heterocycles. The monoisotopic (exact) mass is 438 g/mol. The maximum atomic E-state index is 13.3. The zero-order chi connectivity index (χ0) is 20.3. The van der Waals surface area contributed by atoms with E-state index in [1.54, 1.807) is 0 Å². The summed E-state index contributed by atoms with van der Waals surface area (Å²) in [6.07, 6.45) is 0. The lowest BCUT2D eigenvalue weighted by Crippen LogP contribution is -2.15. The van der Waals surface area contributed by atoms with Gasteiger partial charge in [-0.25, -0.2) is 12.8 Å². The first-order chi connectivity index (χ1) is 13.2. The van der Waals surface area contributed by atoms with Crippen LogP contribution in [0, 0.1) is 5.82 Å². The average molecular weight is 439 g/mol. The first-order valence-corrected chi connectivity index (χ1v) is 10.1. The fourth-order valence-corrected chi connectivity index (χ4v) is 3.73. The van der Waals surface area contributed by atoms with Crippen LogP contribution >= 0.6 is 23.2 Å². The molecule has 0 unspecified atom stereocenters. The number of sulfonamides is 1. The normalized spacial score (nSPS) is 11.1. The molecule has 5 nitrogen and oxygen atoms in total. The molecule has 0 aliphatic rings. The summed E-state index contributed by atoms with van der Waals surface area (Å²) in [5.41, 5.74) is 0.416. The molecule has 0 fully saturated rings. The molecule has 0 radical (unpaired) electrons. The van der Waals surface area contributed by atoms with Gasteiger partial charge in [0, 0.05) is 16.4 Å². The van der Waals surface area contributed by atoms with Crippen molar-refractivity contribution in [3.63, 3.8) is 0 Å². The highest BCUT2D eigenvalue weighted by molar-refractivity contribution is 7.92. The van der Waals surface area contributed by atoms with E-state index in [4.69, 9.17) is 23.2 Å². The number of carbonyl (C=O) groups is 1. The Morgan fingerprint density at radius 3 is 2.29 bits per heavy atom. The molecule has 2 N–H and O–H groups in total. The molecule has 0 aromatic heterocycles. The second kappa shape index (κ2) is 8.18. The minimum absolute atomic E-state index is 0.0117. The van der Waals surface area contributed by atoms with Crippen molar-refractivity contribution in [2.75, 3.05) is 10.0 Å². The molecule has 0 aliphatic carbocycles. The summed E-state index contributed by atoms with van der Waals surface area (Å²) >= 11 is 11.8. The molecule has 0 atom stereocenters. The third kappa shape index (κ3) is 4.81. The van der Waals surface area contributed by atoms with Crippen LogP contribution in [0.15, 0.2) is 71.6 Å². The lowest BCUT2D eigenvalue weighted by Gasteiger charge is -2.11. The van der Waals surface area contributed by atoms with Crippen molar-refractivity contribution in [1.82, 2.24) is 0 Å². The summed E-state index contributed by atoms with van der Waals surface area (Å²) in [6.45, 7) is 0. The van der Waals surface area contributed by atoms with Crippen LogP contribution < -0.4 is 10.0 Å². The highest BCUT2D eigenvalue weighted by atomic mass is 35.5. The predicted octanol–water partition coefficient (Wildman–Crippen LogP) is 5.19. The standard InChI is InChI=1S/C19H13Cl2FN2O3S/c20-12-4-7-16(8-5-12)28(26,27)24-15-6-9-18(21)17(11-15)19(25)23-14-3-1-2-13(22)10-14/h1-11,24H,(H,23,25). The molecular formula is C19H13Cl2FN2O3S. The Labute approximate surface area is 171 Å². The largest absolute Gasteiger partial charge is 0.322 e. The second-order valence-corrected chi connectivity index (χ2v) is 8.24. The van der Waals surface area contributed by atoms with Gasteiger partial charge in [0.1, 0.15) is 5.82 Å². The maximum absolute atomic E-state index is 13.3. The number of hydrogen-bond donors (Lipinski definition) is 2. The van der Waals surface area contributed by atoms with Gasteiger partial charge < -0.3 is 5.32 Å². The van der Waals surface area contributed by atoms with Crippen molar-refractivity contribution in [3.8, 4) is 0 Å². The lowest BCUT2D eigenvalue weighted by atomic mass is 10.2. The van der Waals surface area contributed by atoms with Gasteiger partial charge in [0.2, 0.25) is 0 Å². The predicted molar refractivity (Wildman–Crippen MR) is 108 cm³/mol. The summed E-state index contributed by atoms with van der Waals surface area (Å²) in [6, 6.07) is 15.1. The second-order valence-electron chi connectivity index (χ2n) is 5.72. The molecule has 1 amide bonds.